The molecule has 2 aromatic rings. The topological polar surface area (TPSA) is 65.8 Å². The highest BCUT2D eigenvalue weighted by Crippen LogP contribution is 2.70. The largest absolute Gasteiger partial charge is 0.504 e. The molecule has 8 rings (SSSR count). The van der Waals surface area contributed by atoms with Crippen LogP contribution in [0.2, 0.25) is 0 Å². The van der Waals surface area contributed by atoms with Gasteiger partial charge in [-0.25, -0.2) is 0 Å². The summed E-state index contributed by atoms with van der Waals surface area (Å²) in [5, 5.41) is 22.9. The Balaban J connectivity index is 1.50. The summed E-state index contributed by atoms with van der Waals surface area (Å²) >= 11 is 3.54. The van der Waals surface area contributed by atoms with Crippen LogP contribution in [-0.2, 0) is 11.8 Å². The van der Waals surface area contributed by atoms with Gasteiger partial charge in [0.2, 0.25) is 0 Å². The van der Waals surface area contributed by atoms with Gasteiger partial charge in [-0.2, -0.15) is 0 Å². The number of aliphatic hydroxyl groups is 1. The molecule has 2 N–H and O–H groups in total. The maximum Gasteiger partial charge on any atom is 0.166 e. The van der Waals surface area contributed by atoms with Crippen molar-refractivity contribution in [1.29, 1.82) is 0 Å². The maximum atomic E-state index is 12.3. The molecule has 3 aliphatic heterocycles. The lowest BCUT2D eigenvalue weighted by molar-refractivity contribution is -0.100. The van der Waals surface area contributed by atoms with E-state index in [-0.39, 0.29) is 17.9 Å². The summed E-state index contributed by atoms with van der Waals surface area (Å²) in [6.07, 6.45) is 6.23. The second kappa shape index (κ2) is 5.34. The predicted molar refractivity (Wildman–Crippen MR) is 110 cm³/mol. The molecular formula is C23H23BrN2O3. The molecule has 1 spiro atoms. The first kappa shape index (κ1) is 17.1. The van der Waals surface area contributed by atoms with Crippen LogP contribution in [0.25, 0.3) is 0 Å². The molecule has 1 saturated carbocycles. The number of benzene rings is 1. The minimum Gasteiger partial charge on any atom is -0.504 e. The van der Waals surface area contributed by atoms with Gasteiger partial charge in [0.25, 0.3) is 0 Å². The Morgan fingerprint density at radius 2 is 2.17 bits per heavy atom. The summed E-state index contributed by atoms with van der Waals surface area (Å²) in [6, 6.07) is 6.09. The summed E-state index contributed by atoms with van der Waals surface area (Å²) in [5.41, 5.74) is 2.81. The maximum absolute atomic E-state index is 12.3. The number of pyridine rings is 1. The third-order valence-electron chi connectivity index (χ3n) is 8.14. The van der Waals surface area contributed by atoms with Crippen LogP contribution in [0.4, 0.5) is 0 Å². The van der Waals surface area contributed by atoms with Gasteiger partial charge in [-0.05, 0) is 77.3 Å². The molecule has 2 unspecified atom stereocenters. The molecule has 2 fully saturated rings. The smallest absolute Gasteiger partial charge is 0.166 e. The fourth-order valence-electron chi connectivity index (χ4n) is 6.73. The molecule has 5 nitrogen and oxygen atoms in total. The van der Waals surface area contributed by atoms with E-state index in [2.05, 4.69) is 33.0 Å². The average Bonchev–Trinajstić information content (AvgIpc) is 3.46. The van der Waals surface area contributed by atoms with Crippen molar-refractivity contribution >= 4 is 15.9 Å². The van der Waals surface area contributed by atoms with Gasteiger partial charge in [0, 0.05) is 35.2 Å². The third-order valence-corrected chi connectivity index (χ3v) is 8.58. The van der Waals surface area contributed by atoms with Crippen molar-refractivity contribution in [2.75, 3.05) is 13.1 Å². The number of rotatable bonds is 2. The number of halogens is 1. The minimum atomic E-state index is -0.901. The van der Waals surface area contributed by atoms with E-state index in [4.69, 9.17) is 9.72 Å². The summed E-state index contributed by atoms with van der Waals surface area (Å²) in [7, 11) is 0. The molecule has 150 valence electrons. The van der Waals surface area contributed by atoms with E-state index < -0.39 is 11.0 Å². The first-order valence-corrected chi connectivity index (χ1v) is 11.4. The highest BCUT2D eigenvalue weighted by Gasteiger charge is 2.70. The molecule has 2 bridgehead atoms. The average molecular weight is 455 g/mol. The van der Waals surface area contributed by atoms with Crippen LogP contribution in [0.15, 0.2) is 28.9 Å². The highest BCUT2D eigenvalue weighted by atomic mass is 79.9. The molecule has 6 heteroatoms. The van der Waals surface area contributed by atoms with Crippen molar-refractivity contribution < 1.29 is 14.9 Å². The zero-order chi connectivity index (χ0) is 19.5. The molecule has 6 aliphatic rings. The van der Waals surface area contributed by atoms with Crippen LogP contribution in [0.5, 0.6) is 11.5 Å². The monoisotopic (exact) mass is 454 g/mol. The van der Waals surface area contributed by atoms with Gasteiger partial charge in [0.05, 0.1) is 16.7 Å². The standard InChI is InChI=1S/C23H23BrN2O3/c24-14-7-13-8-22(28)9-16-15-3-4-17(27)20-18(15)23(22,21(29-20)19(13)25-10-14)5-6-26(16)11-12-1-2-12/h3-4,7,10,12,16,21,27-28H,1-2,5-6,8-9,11H2/t16?,21?,22-,23+/m1/s1. The number of aromatic hydroxyl groups is 1. The molecule has 1 aromatic carbocycles. The summed E-state index contributed by atoms with van der Waals surface area (Å²) in [5.74, 6) is 1.54. The highest BCUT2D eigenvalue weighted by molar-refractivity contribution is 9.10. The Labute approximate surface area is 177 Å². The van der Waals surface area contributed by atoms with Crippen LogP contribution in [0.3, 0.4) is 0 Å². The van der Waals surface area contributed by atoms with Crippen molar-refractivity contribution in [3.8, 4) is 11.5 Å². The van der Waals surface area contributed by atoms with E-state index in [0.29, 0.717) is 18.6 Å². The van der Waals surface area contributed by atoms with Gasteiger partial charge in [-0.15, -0.1) is 0 Å². The number of fused-ring (bicyclic) bond motifs is 4. The molecule has 1 aromatic heterocycles. The second-order valence-corrected chi connectivity index (χ2v) is 10.6. The van der Waals surface area contributed by atoms with Crippen LogP contribution < -0.4 is 4.74 Å². The molecule has 4 atom stereocenters. The summed E-state index contributed by atoms with van der Waals surface area (Å²) in [6.45, 7) is 2.05. The van der Waals surface area contributed by atoms with Crippen molar-refractivity contribution in [1.82, 2.24) is 9.88 Å². The summed E-state index contributed by atoms with van der Waals surface area (Å²) in [4.78, 5) is 7.33. The van der Waals surface area contributed by atoms with Crippen LogP contribution in [0.1, 0.15) is 60.2 Å². The molecule has 4 heterocycles. The number of hydrogen-bond acceptors (Lipinski definition) is 5. The van der Waals surface area contributed by atoms with Crippen LogP contribution >= 0.6 is 15.9 Å². The first-order chi connectivity index (χ1) is 14.0. The van der Waals surface area contributed by atoms with E-state index >= 15 is 0 Å². The Hall–Kier alpha value is -1.63. The molecule has 3 aliphatic carbocycles. The molecule has 29 heavy (non-hydrogen) atoms. The molecule has 0 amide bonds. The number of hydrogen-bond donors (Lipinski definition) is 2. The Bertz CT molecular complexity index is 1070. The SMILES string of the molecule is Oc1ccc2c3c1OC1c4ncc(Br)cc4C[C@@]4(O)CC2N(CC2CC2)CC[C@]314. The van der Waals surface area contributed by atoms with Crippen molar-refractivity contribution in [2.45, 2.75) is 55.3 Å². The number of nitrogens with zero attached hydrogens (tertiary/aromatic N) is 2. The van der Waals surface area contributed by atoms with Gasteiger partial charge >= 0.3 is 0 Å². The first-order valence-electron chi connectivity index (χ1n) is 10.6. The fraction of sp³-hybridized carbons (Fsp3) is 0.522. The van der Waals surface area contributed by atoms with Crippen molar-refractivity contribution in [3.05, 3.63) is 51.3 Å². The second-order valence-electron chi connectivity index (χ2n) is 9.66. The number of ether oxygens (including phenoxy) is 1. The zero-order valence-corrected chi connectivity index (χ0v) is 17.7. The summed E-state index contributed by atoms with van der Waals surface area (Å²) < 4.78 is 7.38. The number of phenolic OH excluding ortho intramolecular Hbond substituents is 1. The van der Waals surface area contributed by atoms with Gasteiger partial charge in [-0.3, -0.25) is 9.88 Å². The van der Waals surface area contributed by atoms with Crippen molar-refractivity contribution in [2.24, 2.45) is 5.92 Å². The van der Waals surface area contributed by atoms with E-state index in [1.165, 1.54) is 18.4 Å². The molecule has 0 radical (unpaired) electrons. The Kier molecular flexibility index (Phi) is 3.15. The van der Waals surface area contributed by atoms with Gasteiger partial charge in [0.1, 0.15) is 0 Å². The lowest BCUT2D eigenvalue weighted by Gasteiger charge is -2.53. The van der Waals surface area contributed by atoms with E-state index in [0.717, 1.165) is 46.7 Å². The lowest BCUT2D eigenvalue weighted by Crippen LogP contribution is -2.60. The van der Waals surface area contributed by atoms with E-state index in [1.807, 2.05) is 6.20 Å². The number of phenols is 1. The normalized spacial score (nSPS) is 36.3. The number of aromatic nitrogens is 1. The Morgan fingerprint density at radius 3 is 3.00 bits per heavy atom. The van der Waals surface area contributed by atoms with E-state index in [1.54, 1.807) is 6.07 Å². The van der Waals surface area contributed by atoms with Crippen LogP contribution in [0, 0.1) is 5.92 Å². The van der Waals surface area contributed by atoms with E-state index in [9.17, 15) is 10.2 Å². The fourth-order valence-corrected chi connectivity index (χ4v) is 7.11. The Morgan fingerprint density at radius 1 is 1.31 bits per heavy atom. The quantitative estimate of drug-likeness (QED) is 0.722. The third kappa shape index (κ3) is 2.01. The van der Waals surface area contributed by atoms with Gasteiger partial charge < -0.3 is 14.9 Å². The zero-order valence-electron chi connectivity index (χ0n) is 16.1. The van der Waals surface area contributed by atoms with Gasteiger partial charge in [-0.1, -0.05) is 6.07 Å². The molecule has 1 saturated heterocycles. The lowest BCUT2D eigenvalue weighted by atomic mass is 9.52. The van der Waals surface area contributed by atoms with Crippen LogP contribution in [-0.4, -0.2) is 38.8 Å². The molecular weight excluding hydrogens is 432 g/mol. The predicted octanol–water partition coefficient (Wildman–Crippen LogP) is 3.77. The minimum absolute atomic E-state index is 0.176. The van der Waals surface area contributed by atoms with Gasteiger partial charge in [0.15, 0.2) is 17.6 Å². The van der Waals surface area contributed by atoms with Crippen molar-refractivity contribution in [3.63, 3.8) is 0 Å².